The molecule has 0 fully saturated rings. The van der Waals surface area contributed by atoms with Gasteiger partial charge in [-0.05, 0) is 26.0 Å². The molecule has 0 spiro atoms. The smallest absolute Gasteiger partial charge is 0.418 e. The average molecular weight is 330 g/mol. The molecule has 0 bridgehead atoms. The van der Waals surface area contributed by atoms with Gasteiger partial charge in [0.05, 0.1) is 22.7 Å². The number of halogens is 3. The zero-order valence-electron chi connectivity index (χ0n) is 11.8. The number of benzene rings is 1. The fourth-order valence-electron chi connectivity index (χ4n) is 1.66. The first kappa shape index (κ1) is 16.4. The van der Waals surface area contributed by atoms with Crippen molar-refractivity contribution in [2.75, 3.05) is 11.1 Å². The molecule has 0 atom stereocenters. The lowest BCUT2D eigenvalue weighted by atomic mass is 10.1. The van der Waals surface area contributed by atoms with Gasteiger partial charge in [-0.1, -0.05) is 23.9 Å². The van der Waals surface area contributed by atoms with Crippen LogP contribution in [0.2, 0.25) is 0 Å². The molecule has 0 saturated carbocycles. The lowest BCUT2D eigenvalue weighted by Crippen LogP contribution is -2.18. The van der Waals surface area contributed by atoms with Gasteiger partial charge in [0.2, 0.25) is 5.91 Å². The fourth-order valence-corrected chi connectivity index (χ4v) is 2.37. The molecule has 0 aliphatic rings. The lowest BCUT2D eigenvalue weighted by molar-refractivity contribution is -0.137. The van der Waals surface area contributed by atoms with E-state index in [9.17, 15) is 18.0 Å². The maximum atomic E-state index is 12.8. The second kappa shape index (κ2) is 6.43. The first-order valence-corrected chi connectivity index (χ1v) is 7.29. The molecular formula is C14H13F3N2O2S. The zero-order valence-corrected chi connectivity index (χ0v) is 12.6. The highest BCUT2D eigenvalue weighted by Crippen LogP contribution is 2.34. The highest BCUT2D eigenvalue weighted by Gasteiger charge is 2.33. The zero-order chi connectivity index (χ0) is 16.3. The summed E-state index contributed by atoms with van der Waals surface area (Å²) in [4.78, 5) is 15.9. The standard InChI is InChI=1S/C14H13F3N2O2S/c1-8-9(2)21-13(18-8)22-7-12(20)19-11-6-4-3-5-10(11)14(15,16)17/h3-6H,7H2,1-2H3,(H,19,20). The van der Waals surface area contributed by atoms with E-state index in [1.807, 2.05) is 0 Å². The Balaban J connectivity index is 2.01. The Morgan fingerprint density at radius 3 is 2.59 bits per heavy atom. The fraction of sp³-hybridized carbons (Fsp3) is 0.286. The summed E-state index contributed by atoms with van der Waals surface area (Å²) < 4.78 is 43.7. The Morgan fingerprint density at radius 2 is 2.00 bits per heavy atom. The molecule has 8 heteroatoms. The van der Waals surface area contributed by atoms with Crippen LogP contribution in [0.1, 0.15) is 17.0 Å². The van der Waals surface area contributed by atoms with E-state index >= 15 is 0 Å². The first-order valence-electron chi connectivity index (χ1n) is 6.30. The summed E-state index contributed by atoms with van der Waals surface area (Å²) >= 11 is 1.03. The quantitative estimate of drug-likeness (QED) is 0.860. The maximum absolute atomic E-state index is 12.8. The molecule has 1 amide bonds. The highest BCUT2D eigenvalue weighted by atomic mass is 32.2. The number of anilines is 1. The first-order chi connectivity index (χ1) is 10.3. The largest absolute Gasteiger partial charge is 0.437 e. The molecule has 0 radical (unpaired) electrons. The molecule has 2 rings (SSSR count). The van der Waals surface area contributed by atoms with Crippen molar-refractivity contribution in [1.29, 1.82) is 0 Å². The molecule has 0 unspecified atom stereocenters. The third-order valence-corrected chi connectivity index (χ3v) is 3.67. The number of thioether (sulfide) groups is 1. The van der Waals surface area contributed by atoms with Crippen molar-refractivity contribution in [3.05, 3.63) is 41.3 Å². The van der Waals surface area contributed by atoms with Crippen molar-refractivity contribution in [3.8, 4) is 0 Å². The number of amides is 1. The number of alkyl halides is 3. The molecule has 0 aliphatic carbocycles. The highest BCUT2D eigenvalue weighted by molar-refractivity contribution is 7.99. The van der Waals surface area contributed by atoms with E-state index in [1.165, 1.54) is 18.2 Å². The molecule has 1 aromatic carbocycles. The second-order valence-corrected chi connectivity index (χ2v) is 5.43. The van der Waals surface area contributed by atoms with Crippen molar-refractivity contribution in [1.82, 2.24) is 4.98 Å². The van der Waals surface area contributed by atoms with E-state index in [0.29, 0.717) is 16.7 Å². The molecule has 0 saturated heterocycles. The topological polar surface area (TPSA) is 55.1 Å². The molecule has 4 nitrogen and oxygen atoms in total. The van der Waals surface area contributed by atoms with Crippen molar-refractivity contribution >= 4 is 23.4 Å². The van der Waals surface area contributed by atoms with E-state index in [2.05, 4.69) is 10.3 Å². The normalized spacial score (nSPS) is 11.5. The number of nitrogens with zero attached hydrogens (tertiary/aromatic N) is 1. The van der Waals surface area contributed by atoms with E-state index < -0.39 is 17.6 Å². The molecule has 22 heavy (non-hydrogen) atoms. The SMILES string of the molecule is Cc1nc(SCC(=O)Nc2ccccc2C(F)(F)F)oc1C. The predicted molar refractivity (Wildman–Crippen MR) is 76.8 cm³/mol. The number of aryl methyl sites for hydroxylation is 2. The van der Waals surface area contributed by atoms with Crippen LogP contribution < -0.4 is 5.32 Å². The van der Waals surface area contributed by atoms with Gasteiger partial charge in [0.1, 0.15) is 5.76 Å². The lowest BCUT2D eigenvalue weighted by Gasteiger charge is -2.13. The number of nitrogens with one attached hydrogen (secondary N) is 1. The number of hydrogen-bond acceptors (Lipinski definition) is 4. The van der Waals surface area contributed by atoms with Gasteiger partial charge in [-0.2, -0.15) is 13.2 Å². The minimum absolute atomic E-state index is 0.0917. The molecule has 2 aromatic rings. The minimum Gasteiger partial charge on any atom is -0.437 e. The Bertz CT molecular complexity index is 663. The van der Waals surface area contributed by atoms with E-state index in [0.717, 1.165) is 17.8 Å². The number of hydrogen-bond donors (Lipinski definition) is 1. The summed E-state index contributed by atoms with van der Waals surface area (Å²) in [5.74, 6) is -0.00786. The molecule has 1 aromatic heterocycles. The monoisotopic (exact) mass is 330 g/mol. The van der Waals surface area contributed by atoms with Gasteiger partial charge in [0.15, 0.2) is 0 Å². The second-order valence-electron chi connectivity index (χ2n) is 4.50. The van der Waals surface area contributed by atoms with Gasteiger partial charge in [-0.15, -0.1) is 0 Å². The molecule has 1 N–H and O–H groups in total. The van der Waals surface area contributed by atoms with Crippen LogP contribution in [0.3, 0.4) is 0 Å². The summed E-state index contributed by atoms with van der Waals surface area (Å²) in [5, 5.41) is 2.57. The molecule has 0 aliphatic heterocycles. The number of carbonyl (C=O) groups excluding carboxylic acids is 1. The summed E-state index contributed by atoms with van der Waals surface area (Å²) in [6, 6.07) is 4.83. The van der Waals surface area contributed by atoms with Crippen LogP contribution in [-0.2, 0) is 11.0 Å². The third-order valence-electron chi connectivity index (χ3n) is 2.84. The van der Waals surface area contributed by atoms with E-state index in [1.54, 1.807) is 13.8 Å². The van der Waals surface area contributed by atoms with Gasteiger partial charge in [-0.3, -0.25) is 4.79 Å². The Hall–Kier alpha value is -1.96. The number of oxazole rings is 1. The Morgan fingerprint density at radius 1 is 1.32 bits per heavy atom. The van der Waals surface area contributed by atoms with Crippen LogP contribution in [0.25, 0.3) is 0 Å². The van der Waals surface area contributed by atoms with Crippen molar-refractivity contribution < 1.29 is 22.4 Å². The summed E-state index contributed by atoms with van der Waals surface area (Å²) in [7, 11) is 0. The predicted octanol–water partition coefficient (Wildman–Crippen LogP) is 4.04. The summed E-state index contributed by atoms with van der Waals surface area (Å²) in [6.45, 7) is 3.51. The van der Waals surface area contributed by atoms with Crippen LogP contribution in [0.4, 0.5) is 18.9 Å². The van der Waals surface area contributed by atoms with Crippen LogP contribution >= 0.6 is 11.8 Å². The average Bonchev–Trinajstić information content (AvgIpc) is 2.75. The number of para-hydroxylation sites is 1. The number of aromatic nitrogens is 1. The van der Waals surface area contributed by atoms with Crippen LogP contribution in [-0.4, -0.2) is 16.6 Å². The van der Waals surface area contributed by atoms with Crippen molar-refractivity contribution in [3.63, 3.8) is 0 Å². The maximum Gasteiger partial charge on any atom is 0.418 e. The van der Waals surface area contributed by atoms with Gasteiger partial charge in [0, 0.05) is 0 Å². The Kier molecular flexibility index (Phi) is 4.80. The van der Waals surface area contributed by atoms with Crippen molar-refractivity contribution in [2.24, 2.45) is 0 Å². The summed E-state index contributed by atoms with van der Waals surface area (Å²) in [6.07, 6.45) is -4.52. The van der Waals surface area contributed by atoms with Gasteiger partial charge >= 0.3 is 6.18 Å². The molecular weight excluding hydrogens is 317 g/mol. The minimum atomic E-state index is -4.52. The van der Waals surface area contributed by atoms with E-state index in [4.69, 9.17) is 4.42 Å². The van der Waals surface area contributed by atoms with Gasteiger partial charge < -0.3 is 9.73 Å². The van der Waals surface area contributed by atoms with Crippen LogP contribution in [0.5, 0.6) is 0 Å². The van der Waals surface area contributed by atoms with Gasteiger partial charge in [0.25, 0.3) is 5.22 Å². The number of carbonyl (C=O) groups is 1. The van der Waals surface area contributed by atoms with Crippen molar-refractivity contribution in [2.45, 2.75) is 25.2 Å². The van der Waals surface area contributed by atoms with Crippen LogP contribution in [0, 0.1) is 13.8 Å². The molecule has 1 heterocycles. The van der Waals surface area contributed by atoms with E-state index in [-0.39, 0.29) is 11.4 Å². The summed E-state index contributed by atoms with van der Waals surface area (Å²) in [5.41, 5.74) is -0.429. The third kappa shape index (κ3) is 4.03. The van der Waals surface area contributed by atoms with Crippen LogP contribution in [0.15, 0.2) is 33.9 Å². The molecule has 118 valence electrons. The number of rotatable bonds is 4. The Labute approximate surface area is 129 Å². The van der Waals surface area contributed by atoms with Gasteiger partial charge in [-0.25, -0.2) is 4.98 Å².